The molecule has 0 bridgehead atoms. The normalized spacial score (nSPS) is 14.3. The van der Waals surface area contributed by atoms with Crippen molar-refractivity contribution in [3.05, 3.63) is 65.2 Å². The number of carbonyl (C=O) groups is 1. The minimum Gasteiger partial charge on any atom is -0.380 e. The SMILES string of the molecule is COCc1ccc(C(=O)N(C)Cc2ccc(N3CCOCC3)cc2)cc1. The summed E-state index contributed by atoms with van der Waals surface area (Å²) in [5.74, 6) is 0.0197. The number of morpholine rings is 1. The fourth-order valence-corrected chi connectivity index (χ4v) is 3.11. The maximum Gasteiger partial charge on any atom is 0.253 e. The number of carbonyl (C=O) groups excluding carboxylic acids is 1. The third-order valence-electron chi connectivity index (χ3n) is 4.59. The molecule has 1 aliphatic rings. The van der Waals surface area contributed by atoms with E-state index in [0.29, 0.717) is 18.7 Å². The summed E-state index contributed by atoms with van der Waals surface area (Å²) in [6.07, 6.45) is 0. The lowest BCUT2D eigenvalue weighted by Crippen LogP contribution is -2.36. The van der Waals surface area contributed by atoms with Crippen LogP contribution in [0.1, 0.15) is 21.5 Å². The molecule has 5 heteroatoms. The lowest BCUT2D eigenvalue weighted by molar-refractivity contribution is 0.0785. The van der Waals surface area contributed by atoms with Crippen LogP contribution in [0.15, 0.2) is 48.5 Å². The van der Waals surface area contributed by atoms with Crippen LogP contribution in [-0.2, 0) is 22.6 Å². The van der Waals surface area contributed by atoms with Gasteiger partial charge in [-0.3, -0.25) is 4.79 Å². The van der Waals surface area contributed by atoms with Gasteiger partial charge in [0.15, 0.2) is 0 Å². The van der Waals surface area contributed by atoms with Gasteiger partial charge in [0, 0.05) is 45.0 Å². The van der Waals surface area contributed by atoms with Gasteiger partial charge in [-0.1, -0.05) is 24.3 Å². The predicted molar refractivity (Wildman–Crippen MR) is 102 cm³/mol. The molecule has 138 valence electrons. The minimum atomic E-state index is 0.0197. The highest BCUT2D eigenvalue weighted by Crippen LogP contribution is 2.18. The maximum absolute atomic E-state index is 12.6. The Bertz CT molecular complexity index is 707. The molecular weight excluding hydrogens is 328 g/mol. The van der Waals surface area contributed by atoms with Gasteiger partial charge in [-0.05, 0) is 35.4 Å². The Morgan fingerprint density at radius 1 is 1.04 bits per heavy atom. The highest BCUT2D eigenvalue weighted by atomic mass is 16.5. The zero-order chi connectivity index (χ0) is 18.4. The molecule has 1 fully saturated rings. The second-order valence-electron chi connectivity index (χ2n) is 6.56. The van der Waals surface area contributed by atoms with Gasteiger partial charge in [0.25, 0.3) is 5.91 Å². The maximum atomic E-state index is 12.6. The van der Waals surface area contributed by atoms with Crippen molar-refractivity contribution in [2.24, 2.45) is 0 Å². The van der Waals surface area contributed by atoms with E-state index in [9.17, 15) is 4.79 Å². The van der Waals surface area contributed by atoms with Crippen LogP contribution in [-0.4, -0.2) is 51.3 Å². The molecule has 0 N–H and O–H groups in total. The number of methoxy groups -OCH3 is 1. The van der Waals surface area contributed by atoms with Gasteiger partial charge in [0.2, 0.25) is 0 Å². The van der Waals surface area contributed by atoms with Crippen molar-refractivity contribution in [3.8, 4) is 0 Å². The molecule has 1 saturated heterocycles. The first kappa shape index (κ1) is 18.4. The number of hydrogen-bond acceptors (Lipinski definition) is 4. The van der Waals surface area contributed by atoms with Gasteiger partial charge in [-0.15, -0.1) is 0 Å². The molecular formula is C21H26N2O3. The number of nitrogens with zero attached hydrogens (tertiary/aromatic N) is 2. The summed E-state index contributed by atoms with van der Waals surface area (Å²) in [7, 11) is 3.50. The molecule has 2 aromatic carbocycles. The molecule has 1 aliphatic heterocycles. The van der Waals surface area contributed by atoms with Crippen molar-refractivity contribution in [3.63, 3.8) is 0 Å². The highest BCUT2D eigenvalue weighted by molar-refractivity contribution is 5.94. The van der Waals surface area contributed by atoms with E-state index in [1.165, 1.54) is 5.69 Å². The van der Waals surface area contributed by atoms with Crippen LogP contribution in [0.5, 0.6) is 0 Å². The molecule has 0 aliphatic carbocycles. The largest absolute Gasteiger partial charge is 0.380 e. The van der Waals surface area contributed by atoms with E-state index in [1.807, 2.05) is 31.3 Å². The molecule has 3 rings (SSSR count). The van der Waals surface area contributed by atoms with Gasteiger partial charge in [-0.2, -0.15) is 0 Å². The molecule has 0 saturated carbocycles. The average Bonchev–Trinajstić information content (AvgIpc) is 2.69. The molecule has 0 atom stereocenters. The van der Waals surface area contributed by atoms with Crippen molar-refractivity contribution in [2.75, 3.05) is 45.4 Å². The van der Waals surface area contributed by atoms with Crippen molar-refractivity contribution < 1.29 is 14.3 Å². The van der Waals surface area contributed by atoms with Crippen LogP contribution < -0.4 is 4.90 Å². The summed E-state index contributed by atoms with van der Waals surface area (Å²) in [5.41, 5.74) is 4.08. The Morgan fingerprint density at radius 2 is 1.65 bits per heavy atom. The van der Waals surface area contributed by atoms with Gasteiger partial charge in [-0.25, -0.2) is 0 Å². The topological polar surface area (TPSA) is 42.0 Å². The molecule has 0 radical (unpaired) electrons. The van der Waals surface area contributed by atoms with Gasteiger partial charge in [0.05, 0.1) is 19.8 Å². The van der Waals surface area contributed by atoms with Crippen LogP contribution in [0.25, 0.3) is 0 Å². The zero-order valence-electron chi connectivity index (χ0n) is 15.5. The third kappa shape index (κ3) is 4.62. The number of ether oxygens (including phenoxy) is 2. The highest BCUT2D eigenvalue weighted by Gasteiger charge is 2.14. The van der Waals surface area contributed by atoms with Crippen LogP contribution in [0.4, 0.5) is 5.69 Å². The monoisotopic (exact) mass is 354 g/mol. The van der Waals surface area contributed by atoms with Crippen molar-refractivity contribution in [1.29, 1.82) is 0 Å². The van der Waals surface area contributed by atoms with E-state index >= 15 is 0 Å². The summed E-state index contributed by atoms with van der Waals surface area (Å²) in [6.45, 7) is 4.56. The van der Waals surface area contributed by atoms with Crippen molar-refractivity contribution in [1.82, 2.24) is 4.90 Å². The Hall–Kier alpha value is -2.37. The van der Waals surface area contributed by atoms with E-state index in [0.717, 1.165) is 37.4 Å². The average molecular weight is 354 g/mol. The number of anilines is 1. The smallest absolute Gasteiger partial charge is 0.253 e. The number of amides is 1. The van der Waals surface area contributed by atoms with Gasteiger partial charge in [0.1, 0.15) is 0 Å². The number of rotatable bonds is 6. The lowest BCUT2D eigenvalue weighted by Gasteiger charge is -2.29. The predicted octanol–water partition coefficient (Wildman–Crippen LogP) is 2.94. The first-order chi connectivity index (χ1) is 12.7. The Labute approximate surface area is 155 Å². The molecule has 2 aromatic rings. The summed E-state index contributed by atoms with van der Waals surface area (Å²) in [4.78, 5) is 16.7. The quantitative estimate of drug-likeness (QED) is 0.800. The summed E-state index contributed by atoms with van der Waals surface area (Å²) >= 11 is 0. The first-order valence-corrected chi connectivity index (χ1v) is 8.92. The van der Waals surface area contributed by atoms with Gasteiger partial charge >= 0.3 is 0 Å². The molecule has 0 unspecified atom stereocenters. The van der Waals surface area contributed by atoms with E-state index in [4.69, 9.17) is 9.47 Å². The molecule has 0 aromatic heterocycles. The van der Waals surface area contributed by atoms with E-state index in [2.05, 4.69) is 29.2 Å². The summed E-state index contributed by atoms with van der Waals surface area (Å²) in [6, 6.07) is 16.0. The fraction of sp³-hybridized carbons (Fsp3) is 0.381. The summed E-state index contributed by atoms with van der Waals surface area (Å²) in [5, 5.41) is 0. The minimum absolute atomic E-state index is 0.0197. The number of benzene rings is 2. The second kappa shape index (κ2) is 8.83. The van der Waals surface area contributed by atoms with Crippen LogP contribution >= 0.6 is 0 Å². The fourth-order valence-electron chi connectivity index (χ4n) is 3.11. The van der Waals surface area contributed by atoms with Crippen molar-refractivity contribution >= 4 is 11.6 Å². The second-order valence-corrected chi connectivity index (χ2v) is 6.56. The molecule has 0 spiro atoms. The summed E-state index contributed by atoms with van der Waals surface area (Å²) < 4.78 is 10.5. The van der Waals surface area contributed by atoms with Crippen LogP contribution in [0, 0.1) is 0 Å². The Kier molecular flexibility index (Phi) is 6.26. The third-order valence-corrected chi connectivity index (χ3v) is 4.59. The molecule has 1 amide bonds. The lowest BCUT2D eigenvalue weighted by atomic mass is 10.1. The molecule has 5 nitrogen and oxygen atoms in total. The standard InChI is InChI=1S/C21H26N2O3/c1-22(21(24)19-7-3-18(4-8-19)16-25-2)15-17-5-9-20(10-6-17)23-11-13-26-14-12-23/h3-10H,11-16H2,1-2H3. The zero-order valence-corrected chi connectivity index (χ0v) is 15.5. The Morgan fingerprint density at radius 3 is 2.27 bits per heavy atom. The first-order valence-electron chi connectivity index (χ1n) is 8.92. The van der Waals surface area contributed by atoms with E-state index in [-0.39, 0.29) is 5.91 Å². The molecule has 26 heavy (non-hydrogen) atoms. The molecule has 1 heterocycles. The van der Waals surface area contributed by atoms with Crippen LogP contribution in [0.2, 0.25) is 0 Å². The van der Waals surface area contributed by atoms with Gasteiger partial charge < -0.3 is 19.3 Å². The van der Waals surface area contributed by atoms with E-state index in [1.54, 1.807) is 12.0 Å². The van der Waals surface area contributed by atoms with Crippen molar-refractivity contribution in [2.45, 2.75) is 13.2 Å². The number of hydrogen-bond donors (Lipinski definition) is 0. The van der Waals surface area contributed by atoms with Crippen LogP contribution in [0.3, 0.4) is 0 Å². The van der Waals surface area contributed by atoms with E-state index < -0.39 is 0 Å². The Balaban J connectivity index is 1.59.